The number of hydrogen-bond donors (Lipinski definition) is 1. The van der Waals surface area contributed by atoms with Crippen LogP contribution in [0.5, 0.6) is 0 Å². The van der Waals surface area contributed by atoms with Gasteiger partial charge in [-0.1, -0.05) is 0 Å². The number of fused-ring (bicyclic) bond motifs is 1. The average molecular weight is 217 g/mol. The van der Waals surface area contributed by atoms with Gasteiger partial charge in [0.1, 0.15) is 12.9 Å². The second-order valence-corrected chi connectivity index (χ2v) is 2.81. The fourth-order valence-electron chi connectivity index (χ4n) is 1.07. The van der Waals surface area contributed by atoms with Crippen LogP contribution in [0.3, 0.4) is 0 Å². The molecule has 0 saturated heterocycles. The van der Waals surface area contributed by atoms with Crippen LogP contribution in [0.1, 0.15) is 0 Å². The monoisotopic (exact) mass is 217 g/mol. The SMILES string of the molecule is FC(F)(F)CNc1nccn2cnnc12. The van der Waals surface area contributed by atoms with E-state index in [0.717, 1.165) is 0 Å². The van der Waals surface area contributed by atoms with E-state index in [4.69, 9.17) is 0 Å². The van der Waals surface area contributed by atoms with Gasteiger partial charge in [0, 0.05) is 12.4 Å². The van der Waals surface area contributed by atoms with Crippen molar-refractivity contribution >= 4 is 11.5 Å². The number of aromatic nitrogens is 4. The van der Waals surface area contributed by atoms with E-state index >= 15 is 0 Å². The zero-order chi connectivity index (χ0) is 10.9. The first-order valence-corrected chi connectivity index (χ1v) is 4.01. The molecule has 0 atom stereocenters. The lowest BCUT2D eigenvalue weighted by molar-refractivity contribution is -0.115. The van der Waals surface area contributed by atoms with Crippen molar-refractivity contribution in [1.82, 2.24) is 19.6 Å². The van der Waals surface area contributed by atoms with Crippen molar-refractivity contribution in [3.8, 4) is 0 Å². The minimum Gasteiger partial charge on any atom is -0.358 e. The first kappa shape index (κ1) is 9.69. The van der Waals surface area contributed by atoms with Crippen molar-refractivity contribution in [3.05, 3.63) is 18.7 Å². The number of hydrogen-bond acceptors (Lipinski definition) is 4. The van der Waals surface area contributed by atoms with Crippen molar-refractivity contribution in [1.29, 1.82) is 0 Å². The van der Waals surface area contributed by atoms with Crippen LogP contribution in [-0.4, -0.2) is 32.3 Å². The fourth-order valence-corrected chi connectivity index (χ4v) is 1.07. The largest absolute Gasteiger partial charge is 0.405 e. The lowest BCUT2D eigenvalue weighted by Crippen LogP contribution is -2.22. The summed E-state index contributed by atoms with van der Waals surface area (Å²) in [6.45, 7) is -1.15. The number of nitrogens with zero attached hydrogens (tertiary/aromatic N) is 4. The van der Waals surface area contributed by atoms with Gasteiger partial charge in [-0.15, -0.1) is 10.2 Å². The Labute approximate surface area is 82.0 Å². The summed E-state index contributed by atoms with van der Waals surface area (Å²) in [5.74, 6) is 0.0623. The van der Waals surface area contributed by atoms with E-state index in [-0.39, 0.29) is 11.5 Å². The number of anilines is 1. The second-order valence-electron chi connectivity index (χ2n) is 2.81. The molecule has 0 spiro atoms. The summed E-state index contributed by atoms with van der Waals surface area (Å²) in [7, 11) is 0. The Morgan fingerprint density at radius 1 is 1.40 bits per heavy atom. The molecular formula is C7H6F3N5. The Balaban J connectivity index is 2.24. The van der Waals surface area contributed by atoms with Gasteiger partial charge in [-0.05, 0) is 0 Å². The van der Waals surface area contributed by atoms with Gasteiger partial charge in [0.2, 0.25) is 5.65 Å². The molecule has 2 aromatic heterocycles. The normalized spacial score (nSPS) is 11.9. The molecule has 2 rings (SSSR count). The van der Waals surface area contributed by atoms with Crippen molar-refractivity contribution in [2.45, 2.75) is 6.18 Å². The number of alkyl halides is 3. The molecule has 0 saturated carbocycles. The molecule has 0 aliphatic heterocycles. The van der Waals surface area contributed by atoms with Crippen LogP contribution in [-0.2, 0) is 0 Å². The molecule has 5 nitrogen and oxygen atoms in total. The highest BCUT2D eigenvalue weighted by Gasteiger charge is 2.27. The van der Waals surface area contributed by atoms with E-state index in [1.165, 1.54) is 16.9 Å². The van der Waals surface area contributed by atoms with Crippen LogP contribution < -0.4 is 5.32 Å². The van der Waals surface area contributed by atoms with E-state index in [2.05, 4.69) is 20.5 Å². The topological polar surface area (TPSA) is 55.1 Å². The maximum absolute atomic E-state index is 11.9. The molecule has 0 aliphatic rings. The van der Waals surface area contributed by atoms with Gasteiger partial charge in [-0.25, -0.2) is 4.98 Å². The summed E-state index contributed by atoms with van der Waals surface area (Å²) in [4.78, 5) is 3.75. The molecule has 0 fully saturated rings. The molecule has 2 heterocycles. The molecular weight excluding hydrogens is 211 g/mol. The lowest BCUT2D eigenvalue weighted by atomic mass is 10.5. The van der Waals surface area contributed by atoms with Gasteiger partial charge in [0.15, 0.2) is 5.82 Å². The standard InChI is InChI=1S/C7H6F3N5/c8-7(9,10)3-12-5-6-14-13-4-15(6)2-1-11-5/h1-2,4H,3H2,(H,11,12). The Hall–Kier alpha value is -1.86. The summed E-state index contributed by atoms with van der Waals surface area (Å²) in [5, 5.41) is 9.35. The summed E-state index contributed by atoms with van der Waals surface area (Å²) in [6, 6.07) is 0. The highest BCUT2D eigenvalue weighted by Crippen LogP contribution is 2.16. The van der Waals surface area contributed by atoms with Crippen molar-refractivity contribution in [3.63, 3.8) is 0 Å². The highest BCUT2D eigenvalue weighted by atomic mass is 19.4. The third-order valence-electron chi connectivity index (χ3n) is 1.67. The summed E-state index contributed by atoms with van der Waals surface area (Å²) in [5.41, 5.74) is 0.266. The molecule has 1 N–H and O–H groups in total. The van der Waals surface area contributed by atoms with Crippen LogP contribution in [0.2, 0.25) is 0 Å². The van der Waals surface area contributed by atoms with Crippen LogP contribution >= 0.6 is 0 Å². The Bertz CT molecular complexity index is 463. The fraction of sp³-hybridized carbons (Fsp3) is 0.286. The van der Waals surface area contributed by atoms with E-state index < -0.39 is 12.7 Å². The predicted octanol–water partition coefficient (Wildman–Crippen LogP) is 1.10. The highest BCUT2D eigenvalue weighted by molar-refractivity contribution is 5.61. The van der Waals surface area contributed by atoms with Gasteiger partial charge in [-0.3, -0.25) is 4.40 Å². The molecule has 0 unspecified atom stereocenters. The third kappa shape index (κ3) is 2.14. The molecule has 0 amide bonds. The van der Waals surface area contributed by atoms with E-state index in [1.54, 1.807) is 6.20 Å². The quantitative estimate of drug-likeness (QED) is 0.818. The van der Waals surface area contributed by atoms with Crippen molar-refractivity contribution < 1.29 is 13.2 Å². The molecule has 80 valence electrons. The van der Waals surface area contributed by atoms with Crippen LogP contribution in [0, 0.1) is 0 Å². The number of halogens is 3. The van der Waals surface area contributed by atoms with E-state index in [1.807, 2.05) is 0 Å². The predicted molar refractivity (Wildman–Crippen MR) is 45.3 cm³/mol. The molecule has 8 heteroatoms. The Morgan fingerprint density at radius 2 is 2.20 bits per heavy atom. The van der Waals surface area contributed by atoms with Crippen LogP contribution in [0.4, 0.5) is 19.0 Å². The Kier molecular flexibility index (Phi) is 2.18. The van der Waals surface area contributed by atoms with Gasteiger partial charge in [-0.2, -0.15) is 13.2 Å². The summed E-state index contributed by atoms with van der Waals surface area (Å²) < 4.78 is 37.3. The molecule has 0 radical (unpaired) electrons. The van der Waals surface area contributed by atoms with Gasteiger partial charge in [0.05, 0.1) is 0 Å². The first-order valence-electron chi connectivity index (χ1n) is 4.01. The summed E-state index contributed by atoms with van der Waals surface area (Å²) >= 11 is 0. The number of nitrogens with one attached hydrogen (secondary N) is 1. The Morgan fingerprint density at radius 3 is 2.93 bits per heavy atom. The molecule has 15 heavy (non-hydrogen) atoms. The summed E-state index contributed by atoms with van der Waals surface area (Å²) in [6.07, 6.45) is 0.0213. The average Bonchev–Trinajstić information content (AvgIpc) is 2.61. The van der Waals surface area contributed by atoms with Crippen molar-refractivity contribution in [2.75, 3.05) is 11.9 Å². The second kappa shape index (κ2) is 3.37. The molecule has 0 aromatic carbocycles. The van der Waals surface area contributed by atoms with E-state index in [9.17, 15) is 13.2 Å². The lowest BCUT2D eigenvalue weighted by Gasteiger charge is -2.08. The van der Waals surface area contributed by atoms with E-state index in [0.29, 0.717) is 0 Å². The first-order chi connectivity index (χ1) is 7.06. The maximum Gasteiger partial charge on any atom is 0.405 e. The van der Waals surface area contributed by atoms with Crippen molar-refractivity contribution in [2.24, 2.45) is 0 Å². The minimum absolute atomic E-state index is 0.0623. The van der Waals surface area contributed by atoms with Gasteiger partial charge >= 0.3 is 6.18 Å². The zero-order valence-electron chi connectivity index (χ0n) is 7.36. The van der Waals surface area contributed by atoms with Gasteiger partial charge < -0.3 is 5.32 Å². The van der Waals surface area contributed by atoms with Crippen LogP contribution in [0.15, 0.2) is 18.7 Å². The molecule has 2 aromatic rings. The third-order valence-corrected chi connectivity index (χ3v) is 1.67. The van der Waals surface area contributed by atoms with Crippen LogP contribution in [0.25, 0.3) is 5.65 Å². The molecule has 0 bridgehead atoms. The number of rotatable bonds is 2. The zero-order valence-corrected chi connectivity index (χ0v) is 7.36. The minimum atomic E-state index is -4.28. The molecule has 0 aliphatic carbocycles. The van der Waals surface area contributed by atoms with Gasteiger partial charge in [0.25, 0.3) is 0 Å². The maximum atomic E-state index is 11.9. The smallest absolute Gasteiger partial charge is 0.358 e.